The minimum Gasteiger partial charge on any atom is -0.481 e. The molecular formula is C15H19ClO6. The van der Waals surface area contributed by atoms with E-state index in [0.717, 1.165) is 18.1 Å². The number of benzene rings is 1. The third-order valence-electron chi connectivity index (χ3n) is 3.55. The maximum atomic E-state index is 11.8. The van der Waals surface area contributed by atoms with Crippen molar-refractivity contribution in [3.05, 3.63) is 28.3 Å². The van der Waals surface area contributed by atoms with E-state index in [0.29, 0.717) is 5.02 Å². The van der Waals surface area contributed by atoms with Crippen molar-refractivity contribution in [2.24, 2.45) is 5.41 Å². The van der Waals surface area contributed by atoms with E-state index in [9.17, 15) is 14.7 Å². The summed E-state index contributed by atoms with van der Waals surface area (Å²) in [6, 6.07) is 3.14. The van der Waals surface area contributed by atoms with Gasteiger partial charge in [-0.1, -0.05) is 11.6 Å². The van der Waals surface area contributed by atoms with Gasteiger partial charge in [-0.15, -0.1) is 0 Å². The van der Waals surface area contributed by atoms with E-state index in [1.165, 1.54) is 0 Å². The largest absolute Gasteiger partial charge is 0.481 e. The van der Waals surface area contributed by atoms with Crippen LogP contribution < -0.4 is 4.74 Å². The van der Waals surface area contributed by atoms with Gasteiger partial charge in [0.05, 0.1) is 19.1 Å². The molecule has 122 valence electrons. The quantitative estimate of drug-likeness (QED) is 0.541. The van der Waals surface area contributed by atoms with Crippen molar-refractivity contribution in [3.8, 4) is 5.75 Å². The van der Waals surface area contributed by atoms with Crippen LogP contribution in [0.2, 0.25) is 5.02 Å². The second-order valence-corrected chi connectivity index (χ2v) is 5.82. The van der Waals surface area contributed by atoms with Crippen LogP contribution in [0.3, 0.4) is 0 Å². The number of aliphatic carboxylic acids is 1. The Kier molecular flexibility index (Phi) is 5.93. The summed E-state index contributed by atoms with van der Waals surface area (Å²) in [5.41, 5.74) is -0.364. The van der Waals surface area contributed by atoms with Gasteiger partial charge >= 0.3 is 11.9 Å². The topological polar surface area (TPSA) is 104 Å². The van der Waals surface area contributed by atoms with Gasteiger partial charge in [-0.25, -0.2) is 0 Å². The van der Waals surface area contributed by atoms with Gasteiger partial charge in [0.2, 0.25) is 0 Å². The average molecular weight is 331 g/mol. The molecule has 0 aliphatic carbocycles. The van der Waals surface area contributed by atoms with Crippen molar-refractivity contribution in [3.63, 3.8) is 0 Å². The molecule has 0 aromatic heterocycles. The predicted octanol–water partition coefficient (Wildman–Crippen LogP) is 1.70. The number of carbonyl (C=O) groups is 2. The highest BCUT2D eigenvalue weighted by Gasteiger charge is 2.41. The lowest BCUT2D eigenvalue weighted by Gasteiger charge is -2.27. The lowest BCUT2D eigenvalue weighted by atomic mass is 9.83. The van der Waals surface area contributed by atoms with Crippen molar-refractivity contribution >= 4 is 23.5 Å². The Morgan fingerprint density at radius 3 is 2.23 bits per heavy atom. The highest BCUT2D eigenvalue weighted by Crippen LogP contribution is 2.27. The summed E-state index contributed by atoms with van der Waals surface area (Å²) in [5.74, 6) is -1.93. The van der Waals surface area contributed by atoms with Gasteiger partial charge in [0.15, 0.2) is 0 Å². The molecule has 0 heterocycles. The number of aryl methyl sites for hydroxylation is 2. The molecule has 2 atom stereocenters. The Labute approximate surface area is 133 Å². The molecule has 1 aromatic carbocycles. The summed E-state index contributed by atoms with van der Waals surface area (Å²) in [4.78, 5) is 22.9. The van der Waals surface area contributed by atoms with E-state index in [2.05, 4.69) is 0 Å². The molecule has 0 saturated carbocycles. The zero-order valence-electron chi connectivity index (χ0n) is 12.6. The number of esters is 1. The van der Waals surface area contributed by atoms with Gasteiger partial charge in [0, 0.05) is 5.02 Å². The number of aliphatic hydroxyl groups excluding tert-OH is 2. The number of carboxylic acids is 1. The molecule has 0 saturated heterocycles. The number of carbonyl (C=O) groups excluding carboxylic acids is 1. The van der Waals surface area contributed by atoms with Crippen LogP contribution in [0.1, 0.15) is 24.5 Å². The van der Waals surface area contributed by atoms with Crippen LogP contribution in [-0.2, 0) is 9.59 Å². The summed E-state index contributed by atoms with van der Waals surface area (Å²) in [5, 5.41) is 28.6. The van der Waals surface area contributed by atoms with Crippen LogP contribution in [0, 0.1) is 19.3 Å². The molecule has 0 bridgehead atoms. The van der Waals surface area contributed by atoms with E-state index < -0.39 is 36.5 Å². The number of halogens is 1. The standard InChI is InChI=1S/C15H19ClO6/c1-8-4-10(5-9(2)13(8)16)22-12(19)6-11(18)15(3,7-17)14(20)21/h4-5,11,17-18H,6-7H2,1-3H3,(H,20,21)/t11-,15+/m0/s1. The van der Waals surface area contributed by atoms with E-state index in [1.54, 1.807) is 26.0 Å². The fourth-order valence-electron chi connectivity index (χ4n) is 1.84. The van der Waals surface area contributed by atoms with Crippen molar-refractivity contribution in [1.82, 2.24) is 0 Å². The molecule has 7 heteroatoms. The first kappa shape index (κ1) is 18.4. The number of aliphatic hydroxyl groups is 2. The zero-order valence-corrected chi connectivity index (χ0v) is 13.3. The third-order valence-corrected chi connectivity index (χ3v) is 4.15. The highest BCUT2D eigenvalue weighted by atomic mass is 35.5. The summed E-state index contributed by atoms with van der Waals surface area (Å²) < 4.78 is 5.09. The summed E-state index contributed by atoms with van der Waals surface area (Å²) in [6.07, 6.45) is -2.12. The minimum absolute atomic E-state index is 0.262. The molecule has 3 N–H and O–H groups in total. The lowest BCUT2D eigenvalue weighted by Crippen LogP contribution is -2.44. The third kappa shape index (κ3) is 3.97. The maximum absolute atomic E-state index is 11.8. The van der Waals surface area contributed by atoms with E-state index in [-0.39, 0.29) is 5.75 Å². The average Bonchev–Trinajstić information content (AvgIpc) is 2.43. The Morgan fingerprint density at radius 1 is 1.32 bits per heavy atom. The number of hydrogen-bond donors (Lipinski definition) is 3. The summed E-state index contributed by atoms with van der Waals surface area (Å²) >= 11 is 6.01. The Hall–Kier alpha value is -1.63. The zero-order chi connectivity index (χ0) is 17.1. The number of rotatable bonds is 6. The number of carboxylic acid groups (broad SMARTS) is 1. The smallest absolute Gasteiger partial charge is 0.314 e. The van der Waals surface area contributed by atoms with Crippen molar-refractivity contribution in [2.75, 3.05) is 6.61 Å². The number of hydrogen-bond acceptors (Lipinski definition) is 5. The summed E-state index contributed by atoms with van der Waals surface area (Å²) in [6.45, 7) is 3.88. The molecular weight excluding hydrogens is 312 g/mol. The van der Waals surface area contributed by atoms with Gasteiger partial charge < -0.3 is 20.1 Å². The van der Waals surface area contributed by atoms with Gasteiger partial charge in [-0.3, -0.25) is 9.59 Å². The van der Waals surface area contributed by atoms with Crippen LogP contribution in [0.4, 0.5) is 0 Å². The Balaban J connectivity index is 2.81. The van der Waals surface area contributed by atoms with Crippen LogP contribution in [0.5, 0.6) is 5.75 Å². The SMILES string of the molecule is Cc1cc(OC(=O)C[C@H](O)[C@@](C)(CO)C(=O)O)cc(C)c1Cl. The normalized spacial score (nSPS) is 15.0. The molecule has 0 aliphatic rings. The molecule has 0 spiro atoms. The fourth-order valence-corrected chi connectivity index (χ4v) is 1.95. The molecule has 22 heavy (non-hydrogen) atoms. The lowest BCUT2D eigenvalue weighted by molar-refractivity contribution is -0.160. The Bertz CT molecular complexity index is 562. The molecule has 0 radical (unpaired) electrons. The molecule has 0 amide bonds. The summed E-state index contributed by atoms with van der Waals surface area (Å²) in [7, 11) is 0. The van der Waals surface area contributed by atoms with Gasteiger partial charge in [-0.2, -0.15) is 0 Å². The molecule has 0 fully saturated rings. The second kappa shape index (κ2) is 7.09. The minimum atomic E-state index is -1.83. The van der Waals surface area contributed by atoms with Crippen LogP contribution >= 0.6 is 11.6 Å². The van der Waals surface area contributed by atoms with Crippen molar-refractivity contribution in [1.29, 1.82) is 0 Å². The first-order valence-electron chi connectivity index (χ1n) is 6.61. The van der Waals surface area contributed by atoms with E-state index in [4.69, 9.17) is 26.6 Å². The van der Waals surface area contributed by atoms with Crippen LogP contribution in [0.25, 0.3) is 0 Å². The van der Waals surface area contributed by atoms with E-state index in [1.807, 2.05) is 0 Å². The first-order chi connectivity index (χ1) is 10.1. The van der Waals surface area contributed by atoms with Crippen molar-refractivity contribution in [2.45, 2.75) is 33.3 Å². The highest BCUT2D eigenvalue weighted by molar-refractivity contribution is 6.32. The van der Waals surface area contributed by atoms with Crippen LogP contribution in [0.15, 0.2) is 12.1 Å². The Morgan fingerprint density at radius 2 is 1.82 bits per heavy atom. The number of ether oxygens (including phenoxy) is 1. The fraction of sp³-hybridized carbons (Fsp3) is 0.467. The van der Waals surface area contributed by atoms with Crippen LogP contribution in [-0.4, -0.2) is 40.0 Å². The monoisotopic (exact) mass is 330 g/mol. The first-order valence-corrected chi connectivity index (χ1v) is 6.99. The van der Waals surface area contributed by atoms with E-state index >= 15 is 0 Å². The molecule has 6 nitrogen and oxygen atoms in total. The molecule has 0 aliphatic heterocycles. The van der Waals surface area contributed by atoms with Crippen molar-refractivity contribution < 1.29 is 29.6 Å². The van der Waals surface area contributed by atoms with Gasteiger partial charge in [0.1, 0.15) is 11.2 Å². The second-order valence-electron chi connectivity index (χ2n) is 5.45. The van der Waals surface area contributed by atoms with Gasteiger partial charge in [0.25, 0.3) is 0 Å². The maximum Gasteiger partial charge on any atom is 0.314 e. The molecule has 0 unspecified atom stereocenters. The molecule has 1 rings (SSSR count). The van der Waals surface area contributed by atoms with Gasteiger partial charge in [-0.05, 0) is 44.0 Å². The molecule has 1 aromatic rings. The predicted molar refractivity (Wildman–Crippen MR) is 80.0 cm³/mol.